The summed E-state index contributed by atoms with van der Waals surface area (Å²) in [5.74, 6) is 0.0638. The molecule has 3 aromatic carbocycles. The van der Waals surface area contributed by atoms with Crippen LogP contribution in [0.5, 0.6) is 5.75 Å². The lowest BCUT2D eigenvalue weighted by Crippen LogP contribution is -2.29. The molecule has 1 atom stereocenters. The number of carbonyl (C=O) groups is 1. The molecule has 4 aromatic rings. The number of carbonyl (C=O) groups excluding carboxylic acids is 1. The first-order valence-corrected chi connectivity index (χ1v) is 11.3. The Morgan fingerprint density at radius 3 is 2.44 bits per heavy atom. The van der Waals surface area contributed by atoms with Crippen LogP contribution in [0, 0.1) is 12.7 Å². The number of halogens is 1. The Labute approximate surface area is 196 Å². The summed E-state index contributed by atoms with van der Waals surface area (Å²) < 4.78 is 25.1. The van der Waals surface area contributed by atoms with Gasteiger partial charge in [0.25, 0.3) is 5.91 Å². The Balaban J connectivity index is 1.65. The van der Waals surface area contributed by atoms with Gasteiger partial charge in [-0.1, -0.05) is 42.8 Å². The van der Waals surface area contributed by atoms with Crippen LogP contribution in [0.1, 0.15) is 52.2 Å². The van der Waals surface area contributed by atoms with Crippen molar-refractivity contribution in [1.82, 2.24) is 4.90 Å². The molecule has 1 aliphatic heterocycles. The fraction of sp³-hybridized carbons (Fsp3) is 0.214. The molecule has 5 nitrogen and oxygen atoms in total. The summed E-state index contributed by atoms with van der Waals surface area (Å²) in [5, 5.41) is 0.447. The third-order valence-corrected chi connectivity index (χ3v) is 6.06. The van der Waals surface area contributed by atoms with Gasteiger partial charge in [0.15, 0.2) is 5.43 Å². The predicted molar refractivity (Wildman–Crippen MR) is 128 cm³/mol. The van der Waals surface area contributed by atoms with Crippen molar-refractivity contribution in [2.45, 2.75) is 32.9 Å². The Bertz CT molecular complexity index is 1420. The fourth-order valence-electron chi connectivity index (χ4n) is 4.40. The van der Waals surface area contributed by atoms with Crippen LogP contribution in [0.2, 0.25) is 0 Å². The lowest BCUT2D eigenvalue weighted by atomic mass is 9.98. The number of fused-ring (bicyclic) bond motifs is 2. The Morgan fingerprint density at radius 1 is 1.00 bits per heavy atom. The van der Waals surface area contributed by atoms with E-state index in [1.165, 1.54) is 12.1 Å². The summed E-state index contributed by atoms with van der Waals surface area (Å²) in [6.07, 6.45) is 0.894. The molecule has 0 saturated carbocycles. The second kappa shape index (κ2) is 8.78. The molecule has 1 unspecified atom stereocenters. The number of benzene rings is 3. The van der Waals surface area contributed by atoms with Crippen molar-refractivity contribution in [3.63, 3.8) is 0 Å². The van der Waals surface area contributed by atoms with Gasteiger partial charge in [-0.15, -0.1) is 0 Å². The van der Waals surface area contributed by atoms with E-state index in [9.17, 15) is 14.0 Å². The Morgan fingerprint density at radius 2 is 1.74 bits per heavy atom. The third-order valence-electron chi connectivity index (χ3n) is 6.06. The summed E-state index contributed by atoms with van der Waals surface area (Å²) in [4.78, 5) is 28.8. The molecule has 1 aliphatic rings. The van der Waals surface area contributed by atoms with Crippen LogP contribution in [-0.2, 0) is 6.54 Å². The second-order valence-electron chi connectivity index (χ2n) is 8.55. The van der Waals surface area contributed by atoms with Gasteiger partial charge in [-0.3, -0.25) is 9.59 Å². The molecule has 2 heterocycles. The topological polar surface area (TPSA) is 59.8 Å². The second-order valence-corrected chi connectivity index (χ2v) is 8.55. The minimum absolute atomic E-state index is 0.0553. The summed E-state index contributed by atoms with van der Waals surface area (Å²) >= 11 is 0. The summed E-state index contributed by atoms with van der Waals surface area (Å²) in [5.41, 5.74) is 2.95. The van der Waals surface area contributed by atoms with Crippen LogP contribution >= 0.6 is 0 Å². The minimum Gasteiger partial charge on any atom is -0.494 e. The van der Waals surface area contributed by atoms with Crippen molar-refractivity contribution in [2.24, 2.45) is 0 Å². The Kier molecular flexibility index (Phi) is 5.65. The van der Waals surface area contributed by atoms with E-state index in [4.69, 9.17) is 9.15 Å². The highest BCUT2D eigenvalue weighted by atomic mass is 19.1. The standard InChI is InChI=1S/C28H24FNO4/c1-3-14-33-21-11-7-19(8-12-21)25-24-26(31)22-15-17(2)4-13-23(22)34-27(24)28(32)30(25)16-18-5-9-20(29)10-6-18/h4-13,15,25H,3,14,16H2,1-2H3. The van der Waals surface area contributed by atoms with Gasteiger partial charge in [0.1, 0.15) is 17.1 Å². The maximum Gasteiger partial charge on any atom is 0.291 e. The molecular formula is C28H24FNO4. The van der Waals surface area contributed by atoms with Crippen molar-refractivity contribution >= 4 is 16.9 Å². The van der Waals surface area contributed by atoms with E-state index in [2.05, 4.69) is 0 Å². The van der Waals surface area contributed by atoms with Gasteiger partial charge in [0.2, 0.25) is 5.76 Å². The maximum atomic E-state index is 13.6. The highest BCUT2D eigenvalue weighted by Gasteiger charge is 2.42. The highest BCUT2D eigenvalue weighted by Crippen LogP contribution is 2.39. The first-order chi connectivity index (χ1) is 16.5. The molecule has 0 radical (unpaired) electrons. The monoisotopic (exact) mass is 457 g/mol. The van der Waals surface area contributed by atoms with Crippen molar-refractivity contribution in [3.8, 4) is 5.75 Å². The molecule has 0 spiro atoms. The highest BCUT2D eigenvalue weighted by molar-refractivity contribution is 5.99. The zero-order chi connectivity index (χ0) is 23.8. The molecule has 0 fully saturated rings. The quantitative estimate of drug-likeness (QED) is 0.369. The van der Waals surface area contributed by atoms with E-state index >= 15 is 0 Å². The van der Waals surface area contributed by atoms with Gasteiger partial charge < -0.3 is 14.1 Å². The SMILES string of the molecule is CCCOc1ccc(C2c3c(oc4ccc(C)cc4c3=O)C(=O)N2Cc2ccc(F)cc2)cc1. The molecule has 172 valence electrons. The van der Waals surface area contributed by atoms with Crippen molar-refractivity contribution < 1.29 is 18.3 Å². The molecule has 0 saturated heterocycles. The van der Waals surface area contributed by atoms with Crippen molar-refractivity contribution in [3.05, 3.63) is 111 Å². The molecule has 0 aliphatic carbocycles. The largest absolute Gasteiger partial charge is 0.494 e. The van der Waals surface area contributed by atoms with Gasteiger partial charge in [-0.25, -0.2) is 4.39 Å². The predicted octanol–water partition coefficient (Wildman–Crippen LogP) is 5.77. The van der Waals surface area contributed by atoms with Gasteiger partial charge >= 0.3 is 0 Å². The number of aryl methyl sites for hydroxylation is 1. The summed E-state index contributed by atoms with van der Waals surface area (Å²) in [6, 6.07) is 18.1. The van der Waals surface area contributed by atoms with Crippen LogP contribution in [0.25, 0.3) is 11.0 Å². The fourth-order valence-corrected chi connectivity index (χ4v) is 4.40. The number of ether oxygens (including phenoxy) is 1. The number of nitrogens with zero attached hydrogens (tertiary/aromatic N) is 1. The van der Waals surface area contributed by atoms with Crippen LogP contribution in [0.4, 0.5) is 4.39 Å². The lowest BCUT2D eigenvalue weighted by molar-refractivity contribution is 0.0714. The molecule has 0 bridgehead atoms. The molecule has 1 amide bonds. The third kappa shape index (κ3) is 3.85. The first kappa shape index (κ1) is 21.9. The maximum absolute atomic E-state index is 13.6. The molecule has 34 heavy (non-hydrogen) atoms. The zero-order valence-electron chi connectivity index (χ0n) is 19.0. The molecule has 0 N–H and O–H groups in total. The molecule has 6 heteroatoms. The van der Waals surface area contributed by atoms with Crippen LogP contribution < -0.4 is 10.2 Å². The van der Waals surface area contributed by atoms with E-state index < -0.39 is 6.04 Å². The molecule has 1 aromatic heterocycles. The van der Waals surface area contributed by atoms with Crippen molar-refractivity contribution in [1.29, 1.82) is 0 Å². The van der Waals surface area contributed by atoms with E-state index in [-0.39, 0.29) is 29.5 Å². The molecule has 5 rings (SSSR count). The number of hydrogen-bond donors (Lipinski definition) is 0. The van der Waals surface area contributed by atoms with E-state index in [0.29, 0.717) is 23.1 Å². The lowest BCUT2D eigenvalue weighted by Gasteiger charge is -2.25. The normalized spacial score (nSPS) is 15.1. The number of rotatable bonds is 6. The summed E-state index contributed by atoms with van der Waals surface area (Å²) in [6.45, 7) is 4.76. The number of hydrogen-bond acceptors (Lipinski definition) is 4. The van der Waals surface area contributed by atoms with Crippen LogP contribution in [0.3, 0.4) is 0 Å². The van der Waals surface area contributed by atoms with Crippen LogP contribution in [-0.4, -0.2) is 17.4 Å². The average Bonchev–Trinajstić information content (AvgIpc) is 3.11. The van der Waals surface area contributed by atoms with Crippen LogP contribution in [0.15, 0.2) is 75.9 Å². The van der Waals surface area contributed by atoms with E-state index in [1.54, 1.807) is 29.2 Å². The minimum atomic E-state index is -0.631. The molecular weight excluding hydrogens is 433 g/mol. The van der Waals surface area contributed by atoms with Gasteiger partial charge in [-0.05, 0) is 60.9 Å². The van der Waals surface area contributed by atoms with E-state index in [0.717, 1.165) is 28.9 Å². The van der Waals surface area contributed by atoms with Gasteiger partial charge in [-0.2, -0.15) is 0 Å². The Hall–Kier alpha value is -3.93. The van der Waals surface area contributed by atoms with Gasteiger partial charge in [0.05, 0.1) is 23.6 Å². The van der Waals surface area contributed by atoms with Gasteiger partial charge in [0, 0.05) is 6.54 Å². The van der Waals surface area contributed by atoms with E-state index in [1.807, 2.05) is 44.2 Å². The smallest absolute Gasteiger partial charge is 0.291 e. The average molecular weight is 458 g/mol. The first-order valence-electron chi connectivity index (χ1n) is 11.3. The zero-order valence-corrected chi connectivity index (χ0v) is 19.0. The summed E-state index contributed by atoms with van der Waals surface area (Å²) in [7, 11) is 0. The van der Waals surface area contributed by atoms with Crippen molar-refractivity contribution in [2.75, 3.05) is 6.61 Å². The number of amides is 1.